The molecule has 0 radical (unpaired) electrons. The van der Waals surface area contributed by atoms with Gasteiger partial charge in [0, 0.05) is 11.5 Å². The molecule has 3 heteroatoms. The SMILES string of the molecule is CCOc1ccc([C@@]23C=CCCC2N(C)CC3)cc1OC1CCCCC1. The summed E-state index contributed by atoms with van der Waals surface area (Å²) in [5.41, 5.74) is 1.54. The number of likely N-dealkylation sites (N-methyl/N-ethyl adjacent to an activating group) is 1. The summed E-state index contributed by atoms with van der Waals surface area (Å²) >= 11 is 0. The van der Waals surface area contributed by atoms with Gasteiger partial charge in [0.2, 0.25) is 0 Å². The number of likely N-dealkylation sites (tertiary alicyclic amines) is 1. The maximum absolute atomic E-state index is 6.48. The number of rotatable bonds is 5. The van der Waals surface area contributed by atoms with E-state index in [4.69, 9.17) is 9.47 Å². The molecule has 0 spiro atoms. The molecule has 4 rings (SSSR count). The molecule has 3 aliphatic rings. The predicted octanol–water partition coefficient (Wildman–Crippen LogP) is 5.09. The van der Waals surface area contributed by atoms with Crippen molar-refractivity contribution in [2.24, 2.45) is 0 Å². The Labute approximate surface area is 158 Å². The second-order valence-corrected chi connectivity index (χ2v) is 8.24. The van der Waals surface area contributed by atoms with E-state index in [1.165, 1.54) is 63.5 Å². The summed E-state index contributed by atoms with van der Waals surface area (Å²) in [6.45, 7) is 3.89. The Morgan fingerprint density at radius 1 is 1.12 bits per heavy atom. The maximum atomic E-state index is 6.48. The van der Waals surface area contributed by atoms with Gasteiger partial charge in [0.15, 0.2) is 11.5 Å². The van der Waals surface area contributed by atoms with E-state index in [1.54, 1.807) is 0 Å². The number of hydrogen-bond donors (Lipinski definition) is 0. The van der Waals surface area contributed by atoms with E-state index < -0.39 is 0 Å². The lowest BCUT2D eigenvalue weighted by atomic mass is 9.70. The van der Waals surface area contributed by atoms with Crippen molar-refractivity contribution in [3.05, 3.63) is 35.9 Å². The third-order valence-corrected chi connectivity index (χ3v) is 6.65. The van der Waals surface area contributed by atoms with E-state index in [9.17, 15) is 0 Å². The van der Waals surface area contributed by atoms with Crippen LogP contribution in [0.3, 0.4) is 0 Å². The fourth-order valence-corrected chi connectivity index (χ4v) is 5.26. The zero-order chi connectivity index (χ0) is 18.0. The highest BCUT2D eigenvalue weighted by molar-refractivity contribution is 5.48. The minimum absolute atomic E-state index is 0.141. The highest BCUT2D eigenvalue weighted by Gasteiger charge is 2.46. The van der Waals surface area contributed by atoms with E-state index in [1.807, 2.05) is 6.92 Å². The number of hydrogen-bond acceptors (Lipinski definition) is 3. The largest absolute Gasteiger partial charge is 0.490 e. The first-order chi connectivity index (χ1) is 12.7. The van der Waals surface area contributed by atoms with Crippen LogP contribution in [0.4, 0.5) is 0 Å². The fraction of sp³-hybridized carbons (Fsp3) is 0.652. The number of fused-ring (bicyclic) bond motifs is 1. The molecule has 1 saturated heterocycles. The average Bonchev–Trinajstić information content (AvgIpc) is 3.02. The van der Waals surface area contributed by atoms with E-state index in [2.05, 4.69) is 42.3 Å². The van der Waals surface area contributed by atoms with Gasteiger partial charge in [0.05, 0.1) is 12.7 Å². The van der Waals surface area contributed by atoms with Crippen LogP contribution in [0.25, 0.3) is 0 Å². The summed E-state index contributed by atoms with van der Waals surface area (Å²) in [6.07, 6.45) is 15.1. The molecule has 1 aliphatic heterocycles. The minimum Gasteiger partial charge on any atom is -0.490 e. The van der Waals surface area contributed by atoms with Crippen molar-refractivity contribution in [1.29, 1.82) is 0 Å². The van der Waals surface area contributed by atoms with Gasteiger partial charge in [-0.05, 0) is 83.2 Å². The lowest BCUT2D eigenvalue weighted by Crippen LogP contribution is -2.41. The molecule has 1 saturated carbocycles. The first kappa shape index (κ1) is 17.9. The Morgan fingerprint density at radius 2 is 1.96 bits per heavy atom. The summed E-state index contributed by atoms with van der Waals surface area (Å²) in [7, 11) is 2.28. The molecule has 26 heavy (non-hydrogen) atoms. The average molecular weight is 356 g/mol. The van der Waals surface area contributed by atoms with Crippen molar-refractivity contribution >= 4 is 0 Å². The molecule has 1 aromatic rings. The Bertz CT molecular complexity index is 650. The van der Waals surface area contributed by atoms with E-state index in [0.717, 1.165) is 11.5 Å². The first-order valence-corrected chi connectivity index (χ1v) is 10.5. The standard InChI is InChI=1S/C23H33NO2/c1-3-25-20-13-12-18(17-21(20)26-19-9-5-4-6-10-19)23-14-8-7-11-22(23)24(2)16-15-23/h8,12-14,17,19,22H,3-7,9-11,15-16H2,1-2H3/t22?,23-/m0/s1. The van der Waals surface area contributed by atoms with Gasteiger partial charge in [-0.1, -0.05) is 24.6 Å². The van der Waals surface area contributed by atoms with Crippen LogP contribution in [-0.4, -0.2) is 37.2 Å². The highest BCUT2D eigenvalue weighted by Crippen LogP contribution is 2.47. The Hall–Kier alpha value is -1.48. The predicted molar refractivity (Wildman–Crippen MR) is 106 cm³/mol. The molecular formula is C23H33NO2. The maximum Gasteiger partial charge on any atom is 0.161 e. The molecule has 1 aromatic carbocycles. The third kappa shape index (κ3) is 3.26. The Balaban J connectivity index is 1.67. The van der Waals surface area contributed by atoms with Gasteiger partial charge < -0.3 is 14.4 Å². The molecule has 2 atom stereocenters. The number of benzene rings is 1. The quantitative estimate of drug-likeness (QED) is 0.687. The second kappa shape index (κ2) is 7.64. The highest BCUT2D eigenvalue weighted by atomic mass is 16.5. The van der Waals surface area contributed by atoms with Gasteiger partial charge in [-0.3, -0.25) is 0 Å². The van der Waals surface area contributed by atoms with Crippen LogP contribution >= 0.6 is 0 Å². The van der Waals surface area contributed by atoms with Crippen molar-refractivity contribution in [2.75, 3.05) is 20.2 Å². The van der Waals surface area contributed by atoms with Crippen LogP contribution < -0.4 is 9.47 Å². The van der Waals surface area contributed by atoms with E-state index in [-0.39, 0.29) is 5.41 Å². The number of nitrogens with zero attached hydrogens (tertiary/aromatic N) is 1. The van der Waals surface area contributed by atoms with Crippen LogP contribution in [-0.2, 0) is 5.41 Å². The lowest BCUT2D eigenvalue weighted by Gasteiger charge is -2.38. The molecule has 1 heterocycles. The molecule has 1 unspecified atom stereocenters. The van der Waals surface area contributed by atoms with Crippen molar-refractivity contribution in [3.8, 4) is 11.5 Å². The topological polar surface area (TPSA) is 21.7 Å². The van der Waals surface area contributed by atoms with Gasteiger partial charge in [-0.15, -0.1) is 0 Å². The third-order valence-electron chi connectivity index (χ3n) is 6.65. The molecule has 0 amide bonds. The molecule has 0 N–H and O–H groups in total. The van der Waals surface area contributed by atoms with Gasteiger partial charge in [-0.2, -0.15) is 0 Å². The van der Waals surface area contributed by atoms with Gasteiger partial charge in [0.1, 0.15) is 0 Å². The zero-order valence-corrected chi connectivity index (χ0v) is 16.4. The second-order valence-electron chi connectivity index (χ2n) is 8.24. The first-order valence-electron chi connectivity index (χ1n) is 10.5. The van der Waals surface area contributed by atoms with Gasteiger partial charge in [0.25, 0.3) is 0 Å². The van der Waals surface area contributed by atoms with Crippen LogP contribution in [0, 0.1) is 0 Å². The molecule has 0 bridgehead atoms. The van der Waals surface area contributed by atoms with E-state index >= 15 is 0 Å². The Kier molecular flexibility index (Phi) is 5.26. The smallest absolute Gasteiger partial charge is 0.161 e. The van der Waals surface area contributed by atoms with Crippen molar-refractivity contribution < 1.29 is 9.47 Å². The van der Waals surface area contributed by atoms with Crippen LogP contribution in [0.5, 0.6) is 11.5 Å². The zero-order valence-electron chi connectivity index (χ0n) is 16.4. The van der Waals surface area contributed by atoms with Crippen molar-refractivity contribution in [2.45, 2.75) is 75.9 Å². The monoisotopic (exact) mass is 355 g/mol. The molecule has 3 nitrogen and oxygen atoms in total. The van der Waals surface area contributed by atoms with Gasteiger partial charge >= 0.3 is 0 Å². The molecule has 2 fully saturated rings. The summed E-state index contributed by atoms with van der Waals surface area (Å²) in [4.78, 5) is 2.54. The molecular weight excluding hydrogens is 322 g/mol. The number of ether oxygens (including phenoxy) is 2. The van der Waals surface area contributed by atoms with Crippen LogP contribution in [0.1, 0.15) is 63.9 Å². The van der Waals surface area contributed by atoms with E-state index in [0.29, 0.717) is 18.8 Å². The summed E-state index contributed by atoms with van der Waals surface area (Å²) in [5, 5.41) is 0. The normalized spacial score (nSPS) is 29.5. The van der Waals surface area contributed by atoms with Gasteiger partial charge in [-0.25, -0.2) is 0 Å². The van der Waals surface area contributed by atoms with Crippen molar-refractivity contribution in [3.63, 3.8) is 0 Å². The minimum atomic E-state index is 0.141. The molecule has 2 aliphatic carbocycles. The molecule has 142 valence electrons. The van der Waals surface area contributed by atoms with Crippen molar-refractivity contribution in [1.82, 2.24) is 4.90 Å². The lowest BCUT2D eigenvalue weighted by molar-refractivity contribution is 0.147. The van der Waals surface area contributed by atoms with Crippen LogP contribution in [0.15, 0.2) is 30.4 Å². The van der Waals surface area contributed by atoms with Crippen LogP contribution in [0.2, 0.25) is 0 Å². The summed E-state index contributed by atoms with van der Waals surface area (Å²) in [5.74, 6) is 1.86. The number of allylic oxidation sites excluding steroid dienone is 1. The fourth-order valence-electron chi connectivity index (χ4n) is 5.26. The Morgan fingerprint density at radius 3 is 2.77 bits per heavy atom. The summed E-state index contributed by atoms with van der Waals surface area (Å²) < 4.78 is 12.4. The summed E-state index contributed by atoms with van der Waals surface area (Å²) in [6, 6.07) is 7.32. The molecule has 0 aromatic heterocycles.